The molecule has 4 nitrogen and oxygen atoms in total. The average Bonchev–Trinajstić information content (AvgIpc) is 2.43. The van der Waals surface area contributed by atoms with Gasteiger partial charge in [-0.05, 0) is 49.6 Å². The molecule has 4 heteroatoms. The van der Waals surface area contributed by atoms with E-state index in [1.54, 1.807) is 0 Å². The fourth-order valence-corrected chi connectivity index (χ4v) is 2.16. The highest BCUT2D eigenvalue weighted by atomic mass is 16.2. The normalized spacial score (nSPS) is 11.8. The fraction of sp³-hybridized carbons (Fsp3) is 0.235. The van der Waals surface area contributed by atoms with Crippen LogP contribution in [0.25, 0.3) is 0 Å². The molecule has 2 rings (SSSR count). The Bertz CT molecular complexity index is 613. The van der Waals surface area contributed by atoms with Crippen molar-refractivity contribution in [2.75, 3.05) is 10.6 Å². The summed E-state index contributed by atoms with van der Waals surface area (Å²) in [6, 6.07) is 13.2. The molecule has 4 N–H and O–H groups in total. The van der Waals surface area contributed by atoms with E-state index in [2.05, 4.69) is 10.6 Å². The summed E-state index contributed by atoms with van der Waals surface area (Å²) in [6.07, 6.45) is 0. The lowest BCUT2D eigenvalue weighted by Gasteiger charge is -2.13. The van der Waals surface area contributed by atoms with E-state index >= 15 is 0 Å². The number of nitrogens with two attached hydrogens (primary N) is 1. The van der Waals surface area contributed by atoms with Crippen molar-refractivity contribution in [3.63, 3.8) is 0 Å². The summed E-state index contributed by atoms with van der Waals surface area (Å²) in [6.45, 7) is 5.87. The van der Waals surface area contributed by atoms with Gasteiger partial charge in [-0.25, -0.2) is 4.79 Å². The number of urea groups is 1. The number of hydrogen-bond acceptors (Lipinski definition) is 2. The van der Waals surface area contributed by atoms with Crippen molar-refractivity contribution in [2.24, 2.45) is 5.73 Å². The van der Waals surface area contributed by atoms with Crippen molar-refractivity contribution in [2.45, 2.75) is 26.8 Å². The first-order chi connectivity index (χ1) is 9.97. The third-order valence-corrected chi connectivity index (χ3v) is 3.41. The van der Waals surface area contributed by atoms with Gasteiger partial charge in [0.15, 0.2) is 0 Å². The van der Waals surface area contributed by atoms with Crippen molar-refractivity contribution in [3.05, 3.63) is 59.2 Å². The number of amides is 2. The molecular weight excluding hydrogens is 262 g/mol. The molecular formula is C17H21N3O. The van der Waals surface area contributed by atoms with Crippen LogP contribution in [-0.2, 0) is 0 Å². The third kappa shape index (κ3) is 3.83. The Hall–Kier alpha value is -2.33. The van der Waals surface area contributed by atoms with Crippen LogP contribution >= 0.6 is 0 Å². The maximum absolute atomic E-state index is 12.1. The Morgan fingerprint density at radius 3 is 2.10 bits per heavy atom. The standard InChI is InChI=1S/C17H21N3O/c1-11-5-4-6-12(2)16(11)20-17(21)19-15-9-7-14(8-10-15)13(3)18/h4-10,13H,18H2,1-3H3,(H2,19,20,21). The zero-order chi connectivity index (χ0) is 15.4. The van der Waals surface area contributed by atoms with E-state index in [9.17, 15) is 4.79 Å². The lowest BCUT2D eigenvalue weighted by Crippen LogP contribution is -2.20. The average molecular weight is 283 g/mol. The molecule has 0 fully saturated rings. The summed E-state index contributed by atoms with van der Waals surface area (Å²) < 4.78 is 0. The van der Waals surface area contributed by atoms with Gasteiger partial charge < -0.3 is 16.4 Å². The van der Waals surface area contributed by atoms with Crippen molar-refractivity contribution >= 4 is 17.4 Å². The van der Waals surface area contributed by atoms with E-state index in [-0.39, 0.29) is 12.1 Å². The van der Waals surface area contributed by atoms with Crippen LogP contribution in [0.5, 0.6) is 0 Å². The van der Waals surface area contributed by atoms with Gasteiger partial charge in [-0.3, -0.25) is 0 Å². The maximum atomic E-state index is 12.1. The minimum absolute atomic E-state index is 0.0116. The molecule has 0 aliphatic carbocycles. The van der Waals surface area contributed by atoms with Gasteiger partial charge in [0.05, 0.1) is 0 Å². The van der Waals surface area contributed by atoms with Gasteiger partial charge in [-0.2, -0.15) is 0 Å². The van der Waals surface area contributed by atoms with Crippen LogP contribution in [0.4, 0.5) is 16.2 Å². The van der Waals surface area contributed by atoms with Crippen LogP contribution < -0.4 is 16.4 Å². The lowest BCUT2D eigenvalue weighted by molar-refractivity contribution is 0.262. The first-order valence-corrected chi connectivity index (χ1v) is 6.97. The first-order valence-electron chi connectivity index (χ1n) is 6.97. The number of rotatable bonds is 3. The predicted molar refractivity (Wildman–Crippen MR) is 87.6 cm³/mol. The van der Waals surface area contributed by atoms with Gasteiger partial charge in [0.25, 0.3) is 0 Å². The van der Waals surface area contributed by atoms with Crippen LogP contribution in [0.15, 0.2) is 42.5 Å². The summed E-state index contributed by atoms with van der Waals surface area (Å²) in [5.41, 5.74) is 10.5. The van der Waals surface area contributed by atoms with Crippen molar-refractivity contribution in [1.82, 2.24) is 0 Å². The number of aryl methyl sites for hydroxylation is 2. The summed E-state index contributed by atoms with van der Waals surface area (Å²) in [5, 5.41) is 5.71. The minimum atomic E-state index is -0.249. The first kappa shape index (κ1) is 15.1. The zero-order valence-corrected chi connectivity index (χ0v) is 12.6. The van der Waals surface area contributed by atoms with Crippen molar-refractivity contribution < 1.29 is 4.79 Å². The smallest absolute Gasteiger partial charge is 0.323 e. The molecule has 2 aromatic carbocycles. The molecule has 0 aliphatic heterocycles. The largest absolute Gasteiger partial charge is 0.324 e. The van der Waals surface area contributed by atoms with Crippen LogP contribution in [0, 0.1) is 13.8 Å². The van der Waals surface area contributed by atoms with Gasteiger partial charge >= 0.3 is 6.03 Å². The summed E-state index contributed by atoms with van der Waals surface area (Å²) in [5.74, 6) is 0. The second-order valence-electron chi connectivity index (χ2n) is 5.26. The molecule has 2 amide bonds. The van der Waals surface area contributed by atoms with Gasteiger partial charge in [0.1, 0.15) is 0 Å². The number of carbonyl (C=O) groups is 1. The molecule has 1 atom stereocenters. The number of carbonyl (C=O) groups excluding carboxylic acids is 1. The highest BCUT2D eigenvalue weighted by Gasteiger charge is 2.07. The van der Waals surface area contributed by atoms with Gasteiger partial charge in [0.2, 0.25) is 0 Å². The van der Waals surface area contributed by atoms with Gasteiger partial charge in [0, 0.05) is 17.4 Å². The number of hydrogen-bond donors (Lipinski definition) is 3. The van der Waals surface area contributed by atoms with E-state index in [0.29, 0.717) is 0 Å². The molecule has 0 bridgehead atoms. The molecule has 0 saturated carbocycles. The van der Waals surface area contributed by atoms with E-state index in [0.717, 1.165) is 28.1 Å². The molecule has 1 unspecified atom stereocenters. The van der Waals surface area contributed by atoms with E-state index in [4.69, 9.17) is 5.73 Å². The number of anilines is 2. The van der Waals surface area contributed by atoms with Crippen LogP contribution in [-0.4, -0.2) is 6.03 Å². The molecule has 0 spiro atoms. The van der Waals surface area contributed by atoms with E-state index in [1.807, 2.05) is 63.2 Å². The molecule has 21 heavy (non-hydrogen) atoms. The van der Waals surface area contributed by atoms with Gasteiger partial charge in [-0.15, -0.1) is 0 Å². The van der Waals surface area contributed by atoms with Crippen LogP contribution in [0.1, 0.15) is 29.7 Å². The number of benzene rings is 2. The summed E-state index contributed by atoms with van der Waals surface area (Å²) in [7, 11) is 0. The Labute approximate surface area is 125 Å². The topological polar surface area (TPSA) is 67.2 Å². The summed E-state index contributed by atoms with van der Waals surface area (Å²) in [4.78, 5) is 12.1. The Kier molecular flexibility index (Phi) is 4.60. The Morgan fingerprint density at radius 2 is 1.57 bits per heavy atom. The quantitative estimate of drug-likeness (QED) is 0.798. The zero-order valence-electron chi connectivity index (χ0n) is 12.6. The molecule has 110 valence electrons. The Morgan fingerprint density at radius 1 is 1.00 bits per heavy atom. The Balaban J connectivity index is 2.05. The second-order valence-corrected chi connectivity index (χ2v) is 5.26. The van der Waals surface area contributed by atoms with E-state index in [1.165, 1.54) is 0 Å². The fourth-order valence-electron chi connectivity index (χ4n) is 2.16. The molecule has 0 heterocycles. The van der Waals surface area contributed by atoms with Gasteiger partial charge in [-0.1, -0.05) is 30.3 Å². The highest BCUT2D eigenvalue weighted by Crippen LogP contribution is 2.20. The molecule has 2 aromatic rings. The number of nitrogens with one attached hydrogen (secondary N) is 2. The van der Waals surface area contributed by atoms with E-state index < -0.39 is 0 Å². The third-order valence-electron chi connectivity index (χ3n) is 3.41. The highest BCUT2D eigenvalue weighted by molar-refractivity contribution is 6.00. The second kappa shape index (κ2) is 6.41. The van der Waals surface area contributed by atoms with Crippen LogP contribution in [0.2, 0.25) is 0 Å². The molecule has 0 aromatic heterocycles. The predicted octanol–water partition coefficient (Wildman–Crippen LogP) is 3.97. The van der Waals surface area contributed by atoms with Crippen LogP contribution in [0.3, 0.4) is 0 Å². The molecule has 0 aliphatic rings. The lowest BCUT2D eigenvalue weighted by atomic mass is 10.1. The number of para-hydroxylation sites is 1. The molecule has 0 radical (unpaired) electrons. The minimum Gasteiger partial charge on any atom is -0.324 e. The van der Waals surface area contributed by atoms with Crippen molar-refractivity contribution in [1.29, 1.82) is 0 Å². The molecule has 0 saturated heterocycles. The summed E-state index contributed by atoms with van der Waals surface area (Å²) >= 11 is 0. The monoisotopic (exact) mass is 283 g/mol. The SMILES string of the molecule is Cc1cccc(C)c1NC(=O)Nc1ccc(C(C)N)cc1. The maximum Gasteiger partial charge on any atom is 0.323 e. The van der Waals surface area contributed by atoms with Crippen molar-refractivity contribution in [3.8, 4) is 0 Å².